The molecular weight excluding hydrogens is 486 g/mol. The third kappa shape index (κ3) is 4.30. The summed E-state index contributed by atoms with van der Waals surface area (Å²) in [6, 6.07) is 3.54. The van der Waals surface area contributed by atoms with E-state index < -0.39 is 5.97 Å². The van der Waals surface area contributed by atoms with E-state index in [1.807, 2.05) is 19.9 Å². The first kappa shape index (κ1) is 19.8. The Labute approximate surface area is 172 Å². The van der Waals surface area contributed by atoms with Crippen molar-refractivity contribution in [1.82, 2.24) is 4.57 Å². The molecule has 0 N–H and O–H groups in total. The minimum Gasteiger partial charge on any atom is -0.453 e. The van der Waals surface area contributed by atoms with E-state index >= 15 is 0 Å². The second-order valence-electron chi connectivity index (χ2n) is 6.26. The number of thiophene rings is 1. The molecule has 0 aromatic carbocycles. The summed E-state index contributed by atoms with van der Waals surface area (Å²) in [5.74, 6) is -0.692. The van der Waals surface area contributed by atoms with Crippen LogP contribution in [0, 0.1) is 13.8 Å². The first-order valence-corrected chi connectivity index (χ1v) is 10.7. The lowest BCUT2D eigenvalue weighted by Gasteiger charge is -2.14. The lowest BCUT2D eigenvalue weighted by Crippen LogP contribution is -2.18. The number of hydrogen-bond donors (Lipinski definition) is 0. The van der Waals surface area contributed by atoms with Crippen molar-refractivity contribution < 1.29 is 19.1 Å². The number of carbonyl (C=O) groups is 2. The van der Waals surface area contributed by atoms with Crippen molar-refractivity contribution in [3.05, 3.63) is 42.2 Å². The molecule has 140 valence electrons. The number of aryl methyl sites for hydroxylation is 1. The fourth-order valence-electron chi connectivity index (χ4n) is 3.08. The van der Waals surface area contributed by atoms with Crippen molar-refractivity contribution in [3.63, 3.8) is 0 Å². The van der Waals surface area contributed by atoms with Crippen LogP contribution in [0.25, 0.3) is 0 Å². The quantitative estimate of drug-likeness (QED) is 0.414. The molecular formula is C18H19Br2NO4S. The number of ether oxygens (including phenoxy) is 2. The molecule has 5 nitrogen and oxygen atoms in total. The molecule has 0 radical (unpaired) electrons. The van der Waals surface area contributed by atoms with E-state index in [2.05, 4.69) is 36.4 Å². The van der Waals surface area contributed by atoms with E-state index in [1.165, 1.54) is 11.3 Å². The smallest absolute Gasteiger partial charge is 0.348 e. The highest BCUT2D eigenvalue weighted by molar-refractivity contribution is 9.13. The average Bonchev–Trinajstić information content (AvgIpc) is 3.30. The SMILES string of the molecule is Cc1cc(C(=O)COC(=O)c2cc(Br)c(Br)s2)c(C)n1CC1CCCO1. The Bertz CT molecular complexity index is 817. The van der Waals surface area contributed by atoms with Crippen LogP contribution in [0.3, 0.4) is 0 Å². The highest BCUT2D eigenvalue weighted by Gasteiger charge is 2.22. The van der Waals surface area contributed by atoms with Gasteiger partial charge in [0.25, 0.3) is 0 Å². The second kappa shape index (κ2) is 8.37. The number of esters is 1. The van der Waals surface area contributed by atoms with E-state index in [9.17, 15) is 9.59 Å². The third-order valence-corrected chi connectivity index (χ3v) is 7.70. The molecule has 0 amide bonds. The van der Waals surface area contributed by atoms with Crippen molar-refractivity contribution in [2.24, 2.45) is 0 Å². The minimum absolute atomic E-state index is 0.195. The summed E-state index contributed by atoms with van der Waals surface area (Å²) in [6.45, 7) is 5.19. The first-order chi connectivity index (χ1) is 12.4. The highest BCUT2D eigenvalue weighted by Crippen LogP contribution is 2.32. The molecule has 1 fully saturated rings. The zero-order chi connectivity index (χ0) is 18.8. The van der Waals surface area contributed by atoms with Gasteiger partial charge in [0, 0.05) is 34.6 Å². The van der Waals surface area contributed by atoms with Gasteiger partial charge in [-0.3, -0.25) is 4.79 Å². The summed E-state index contributed by atoms with van der Waals surface area (Å²) in [5, 5.41) is 0. The number of Topliss-reactive ketones (excluding diaryl/α,β-unsaturated/α-hetero) is 1. The number of nitrogens with zero attached hydrogens (tertiary/aromatic N) is 1. The molecule has 0 aliphatic carbocycles. The third-order valence-electron chi connectivity index (χ3n) is 4.46. The molecule has 2 aromatic rings. The van der Waals surface area contributed by atoms with Crippen LogP contribution in [0.5, 0.6) is 0 Å². The molecule has 0 bridgehead atoms. The van der Waals surface area contributed by atoms with Gasteiger partial charge in [-0.2, -0.15) is 0 Å². The van der Waals surface area contributed by atoms with Crippen LogP contribution in [0.15, 0.2) is 20.4 Å². The van der Waals surface area contributed by atoms with Gasteiger partial charge in [-0.1, -0.05) is 0 Å². The number of halogens is 2. The molecule has 0 spiro atoms. The van der Waals surface area contributed by atoms with Gasteiger partial charge in [0.05, 0.1) is 9.89 Å². The molecule has 1 unspecified atom stereocenters. The number of carbonyl (C=O) groups excluding carboxylic acids is 2. The van der Waals surface area contributed by atoms with Crippen molar-refractivity contribution >= 4 is 54.9 Å². The summed E-state index contributed by atoms with van der Waals surface area (Å²) in [5.41, 5.74) is 2.50. The molecule has 1 atom stereocenters. The number of rotatable bonds is 6. The summed E-state index contributed by atoms with van der Waals surface area (Å²) in [7, 11) is 0. The Morgan fingerprint density at radius 2 is 2.12 bits per heavy atom. The van der Waals surface area contributed by atoms with E-state index in [1.54, 1.807) is 6.07 Å². The van der Waals surface area contributed by atoms with Crippen molar-refractivity contribution in [2.75, 3.05) is 13.2 Å². The van der Waals surface area contributed by atoms with Crippen LogP contribution < -0.4 is 0 Å². The van der Waals surface area contributed by atoms with Gasteiger partial charge in [-0.05, 0) is 70.7 Å². The minimum atomic E-state index is -0.497. The largest absolute Gasteiger partial charge is 0.453 e. The molecule has 2 aromatic heterocycles. The molecule has 3 rings (SSSR count). The average molecular weight is 505 g/mol. The Morgan fingerprint density at radius 1 is 1.35 bits per heavy atom. The Morgan fingerprint density at radius 3 is 2.73 bits per heavy atom. The molecule has 1 saturated heterocycles. The summed E-state index contributed by atoms with van der Waals surface area (Å²) in [4.78, 5) is 25.1. The maximum Gasteiger partial charge on any atom is 0.348 e. The van der Waals surface area contributed by atoms with Crippen molar-refractivity contribution in [1.29, 1.82) is 0 Å². The standard InChI is InChI=1S/C18H19Br2NO4S/c1-10-6-13(11(2)21(10)8-12-4-3-5-24-12)15(22)9-25-18(23)16-7-14(19)17(20)26-16/h6-7,12H,3-5,8-9H2,1-2H3. The van der Waals surface area contributed by atoms with Crippen LogP contribution in [-0.4, -0.2) is 35.6 Å². The Balaban J connectivity index is 1.65. The Hall–Kier alpha value is -0.960. The van der Waals surface area contributed by atoms with Crippen LogP contribution in [0.2, 0.25) is 0 Å². The van der Waals surface area contributed by atoms with Crippen LogP contribution >= 0.6 is 43.2 Å². The number of aromatic nitrogens is 1. The molecule has 8 heteroatoms. The van der Waals surface area contributed by atoms with Gasteiger partial charge < -0.3 is 14.0 Å². The van der Waals surface area contributed by atoms with Gasteiger partial charge in [0.2, 0.25) is 5.78 Å². The van der Waals surface area contributed by atoms with E-state index in [4.69, 9.17) is 9.47 Å². The lowest BCUT2D eigenvalue weighted by atomic mass is 10.1. The van der Waals surface area contributed by atoms with Crippen LogP contribution in [0.1, 0.15) is 44.3 Å². The number of hydrogen-bond acceptors (Lipinski definition) is 5. The monoisotopic (exact) mass is 503 g/mol. The fraction of sp³-hybridized carbons (Fsp3) is 0.444. The predicted octanol–water partition coefficient (Wildman–Crippen LogP) is 4.91. The molecule has 1 aliphatic rings. The van der Waals surface area contributed by atoms with Crippen LogP contribution in [0.4, 0.5) is 0 Å². The van der Waals surface area contributed by atoms with E-state index in [0.29, 0.717) is 10.4 Å². The van der Waals surface area contributed by atoms with E-state index in [0.717, 1.165) is 45.6 Å². The van der Waals surface area contributed by atoms with Crippen molar-refractivity contribution in [2.45, 2.75) is 39.3 Å². The molecule has 3 heterocycles. The molecule has 0 saturated carbocycles. The summed E-state index contributed by atoms with van der Waals surface area (Å²) in [6.07, 6.45) is 2.33. The van der Waals surface area contributed by atoms with Gasteiger partial charge in [0.1, 0.15) is 4.88 Å². The highest BCUT2D eigenvalue weighted by atomic mass is 79.9. The molecule has 1 aliphatic heterocycles. The van der Waals surface area contributed by atoms with Crippen molar-refractivity contribution in [3.8, 4) is 0 Å². The summed E-state index contributed by atoms with van der Waals surface area (Å²) < 4.78 is 14.6. The number of ketones is 1. The zero-order valence-corrected chi connectivity index (χ0v) is 18.5. The predicted molar refractivity (Wildman–Crippen MR) is 107 cm³/mol. The van der Waals surface area contributed by atoms with Crippen LogP contribution in [-0.2, 0) is 16.0 Å². The Kier molecular flexibility index (Phi) is 6.37. The second-order valence-corrected chi connectivity index (χ2v) is 9.49. The first-order valence-electron chi connectivity index (χ1n) is 8.30. The summed E-state index contributed by atoms with van der Waals surface area (Å²) >= 11 is 7.94. The van der Waals surface area contributed by atoms with Gasteiger partial charge in [-0.15, -0.1) is 11.3 Å². The lowest BCUT2D eigenvalue weighted by molar-refractivity contribution is 0.0479. The van der Waals surface area contributed by atoms with E-state index in [-0.39, 0.29) is 18.5 Å². The van der Waals surface area contributed by atoms with Gasteiger partial charge in [-0.25, -0.2) is 4.79 Å². The maximum atomic E-state index is 12.5. The van der Waals surface area contributed by atoms with Gasteiger partial charge in [0.15, 0.2) is 6.61 Å². The fourth-order valence-corrected chi connectivity index (χ4v) is 5.01. The van der Waals surface area contributed by atoms with Gasteiger partial charge >= 0.3 is 5.97 Å². The normalized spacial score (nSPS) is 16.8. The topological polar surface area (TPSA) is 57.5 Å². The zero-order valence-electron chi connectivity index (χ0n) is 14.5. The maximum absolute atomic E-state index is 12.5. The molecule has 26 heavy (non-hydrogen) atoms.